The molecule has 1 saturated heterocycles. The number of carbonyl (C=O) groups is 1. The van der Waals surface area contributed by atoms with Crippen LogP contribution in [-0.2, 0) is 4.79 Å². The Morgan fingerprint density at radius 2 is 1.96 bits per heavy atom. The van der Waals surface area contributed by atoms with Gasteiger partial charge in [-0.3, -0.25) is 4.79 Å². The summed E-state index contributed by atoms with van der Waals surface area (Å²) in [5.74, 6) is 1.87. The van der Waals surface area contributed by atoms with Crippen molar-refractivity contribution in [1.29, 1.82) is 0 Å². The second-order valence-corrected chi connectivity index (χ2v) is 8.96. The molecule has 3 aliphatic rings. The molecule has 1 aromatic rings. The van der Waals surface area contributed by atoms with Crippen molar-refractivity contribution in [3.8, 4) is 11.5 Å². The Hall–Kier alpha value is -1.11. The standard InChI is InChI=1S/C21H30N2O3S.ClH/c1-2-19-20(24)23(12-6-11-22-16-7-4-3-5-8-16)21(27-19)15-9-10-17-18(13-15)26-14-25-17;/h9-10,13,16,19,21-22H,2-8,11-12,14H2,1H3;1H. The van der Waals surface area contributed by atoms with Crippen molar-refractivity contribution in [3.63, 3.8) is 0 Å². The summed E-state index contributed by atoms with van der Waals surface area (Å²) in [7, 11) is 0. The summed E-state index contributed by atoms with van der Waals surface area (Å²) in [6, 6.07) is 6.75. The van der Waals surface area contributed by atoms with Crippen LogP contribution in [0.15, 0.2) is 18.2 Å². The summed E-state index contributed by atoms with van der Waals surface area (Å²) in [5.41, 5.74) is 1.13. The summed E-state index contributed by atoms with van der Waals surface area (Å²) >= 11 is 1.77. The minimum absolute atomic E-state index is 0. The first-order valence-electron chi connectivity index (χ1n) is 10.3. The molecule has 5 nitrogen and oxygen atoms in total. The molecule has 2 heterocycles. The number of thioether (sulfide) groups is 1. The van der Waals surface area contributed by atoms with Gasteiger partial charge in [-0.2, -0.15) is 0 Å². The lowest BCUT2D eigenvalue weighted by Crippen LogP contribution is -2.36. The van der Waals surface area contributed by atoms with Gasteiger partial charge in [0.15, 0.2) is 11.5 Å². The molecule has 1 saturated carbocycles. The maximum atomic E-state index is 12.9. The molecule has 0 spiro atoms. The van der Waals surface area contributed by atoms with Gasteiger partial charge in [-0.25, -0.2) is 0 Å². The molecular weight excluding hydrogens is 396 g/mol. The summed E-state index contributed by atoms with van der Waals surface area (Å²) in [5, 5.41) is 3.83. The van der Waals surface area contributed by atoms with E-state index in [-0.39, 0.29) is 35.7 Å². The Morgan fingerprint density at radius 3 is 2.75 bits per heavy atom. The number of hydrogen-bond acceptors (Lipinski definition) is 5. The van der Waals surface area contributed by atoms with Crippen LogP contribution in [0.2, 0.25) is 0 Å². The fourth-order valence-electron chi connectivity index (χ4n) is 4.27. The van der Waals surface area contributed by atoms with Crippen molar-refractivity contribution in [2.75, 3.05) is 19.9 Å². The summed E-state index contributed by atoms with van der Waals surface area (Å²) in [4.78, 5) is 14.9. The van der Waals surface area contributed by atoms with Crippen LogP contribution in [0.1, 0.15) is 62.8 Å². The molecule has 1 aliphatic carbocycles. The monoisotopic (exact) mass is 426 g/mol. The molecule has 1 aromatic carbocycles. The van der Waals surface area contributed by atoms with E-state index in [1.54, 1.807) is 11.8 Å². The van der Waals surface area contributed by atoms with Crippen LogP contribution < -0.4 is 14.8 Å². The molecule has 4 rings (SSSR count). The number of halogens is 1. The lowest BCUT2D eigenvalue weighted by atomic mass is 9.95. The third-order valence-electron chi connectivity index (χ3n) is 5.80. The second kappa shape index (κ2) is 10.1. The van der Waals surface area contributed by atoms with Crippen molar-refractivity contribution in [2.45, 2.75) is 68.5 Å². The van der Waals surface area contributed by atoms with E-state index >= 15 is 0 Å². The predicted molar refractivity (Wildman–Crippen MR) is 115 cm³/mol. The van der Waals surface area contributed by atoms with Gasteiger partial charge in [0, 0.05) is 12.6 Å². The Kier molecular flexibility index (Phi) is 7.77. The van der Waals surface area contributed by atoms with E-state index in [0.717, 1.165) is 43.0 Å². The van der Waals surface area contributed by atoms with Gasteiger partial charge in [0.1, 0.15) is 5.37 Å². The third-order valence-corrected chi connectivity index (χ3v) is 7.45. The van der Waals surface area contributed by atoms with E-state index in [1.807, 2.05) is 12.1 Å². The first kappa shape index (κ1) is 21.6. The fraction of sp³-hybridized carbons (Fsp3) is 0.667. The van der Waals surface area contributed by atoms with Gasteiger partial charge in [0.25, 0.3) is 0 Å². The highest BCUT2D eigenvalue weighted by molar-refractivity contribution is 8.01. The molecule has 0 aromatic heterocycles. The minimum atomic E-state index is 0. The van der Waals surface area contributed by atoms with Gasteiger partial charge in [-0.1, -0.05) is 32.3 Å². The molecule has 0 radical (unpaired) electrons. The number of rotatable bonds is 7. The van der Waals surface area contributed by atoms with Gasteiger partial charge >= 0.3 is 0 Å². The normalized spacial score (nSPS) is 24.5. The average Bonchev–Trinajstić information content (AvgIpc) is 3.30. The summed E-state index contributed by atoms with van der Waals surface area (Å²) < 4.78 is 11.0. The van der Waals surface area contributed by atoms with Gasteiger partial charge in [0.2, 0.25) is 12.7 Å². The van der Waals surface area contributed by atoms with E-state index in [4.69, 9.17) is 9.47 Å². The van der Waals surface area contributed by atoms with Gasteiger partial charge in [-0.15, -0.1) is 24.2 Å². The molecule has 2 fully saturated rings. The number of benzene rings is 1. The van der Waals surface area contributed by atoms with E-state index in [9.17, 15) is 4.79 Å². The third kappa shape index (κ3) is 4.71. The van der Waals surface area contributed by atoms with Gasteiger partial charge < -0.3 is 19.7 Å². The zero-order valence-electron chi connectivity index (χ0n) is 16.5. The summed E-state index contributed by atoms with van der Waals surface area (Å²) in [6.07, 6.45) is 8.56. The van der Waals surface area contributed by atoms with Crippen LogP contribution in [0.4, 0.5) is 0 Å². The van der Waals surface area contributed by atoms with Crippen LogP contribution in [0.3, 0.4) is 0 Å². The smallest absolute Gasteiger partial charge is 0.236 e. The maximum absolute atomic E-state index is 12.9. The lowest BCUT2D eigenvalue weighted by molar-refractivity contribution is -0.130. The minimum Gasteiger partial charge on any atom is -0.454 e. The Labute approximate surface area is 178 Å². The van der Waals surface area contributed by atoms with E-state index in [2.05, 4.69) is 23.2 Å². The topological polar surface area (TPSA) is 50.8 Å². The number of amides is 1. The lowest BCUT2D eigenvalue weighted by Gasteiger charge is -2.26. The van der Waals surface area contributed by atoms with Crippen molar-refractivity contribution >= 4 is 30.1 Å². The largest absolute Gasteiger partial charge is 0.454 e. The molecule has 2 aliphatic heterocycles. The Morgan fingerprint density at radius 1 is 1.18 bits per heavy atom. The molecular formula is C21H31ClN2O3S. The van der Waals surface area contributed by atoms with Crippen LogP contribution >= 0.6 is 24.2 Å². The maximum Gasteiger partial charge on any atom is 0.236 e. The van der Waals surface area contributed by atoms with E-state index < -0.39 is 0 Å². The summed E-state index contributed by atoms with van der Waals surface area (Å²) in [6.45, 7) is 4.18. The molecule has 7 heteroatoms. The fourth-order valence-corrected chi connectivity index (χ4v) is 5.69. The van der Waals surface area contributed by atoms with Gasteiger partial charge in [0.05, 0.1) is 5.25 Å². The zero-order valence-corrected chi connectivity index (χ0v) is 18.2. The predicted octanol–water partition coefficient (Wildman–Crippen LogP) is 4.50. The molecule has 0 bridgehead atoms. The second-order valence-electron chi connectivity index (χ2n) is 7.67. The highest BCUT2D eigenvalue weighted by Crippen LogP contribution is 2.46. The Balaban J connectivity index is 0.00000225. The molecule has 2 unspecified atom stereocenters. The van der Waals surface area contributed by atoms with Crippen molar-refractivity contribution in [1.82, 2.24) is 10.2 Å². The molecule has 1 N–H and O–H groups in total. The SMILES string of the molecule is CCC1SC(c2ccc3c(c2)OCO3)N(CCCNC2CCCCC2)C1=O.Cl. The molecule has 1 amide bonds. The highest BCUT2D eigenvalue weighted by atomic mass is 35.5. The molecule has 28 heavy (non-hydrogen) atoms. The highest BCUT2D eigenvalue weighted by Gasteiger charge is 2.40. The quantitative estimate of drug-likeness (QED) is 0.650. The van der Waals surface area contributed by atoms with Crippen LogP contribution in [0.25, 0.3) is 0 Å². The zero-order chi connectivity index (χ0) is 18.6. The van der Waals surface area contributed by atoms with Crippen LogP contribution in [0, 0.1) is 0 Å². The number of nitrogens with one attached hydrogen (secondary N) is 1. The van der Waals surface area contributed by atoms with Crippen molar-refractivity contribution in [2.24, 2.45) is 0 Å². The van der Waals surface area contributed by atoms with Crippen molar-refractivity contribution in [3.05, 3.63) is 23.8 Å². The van der Waals surface area contributed by atoms with Crippen LogP contribution in [-0.4, -0.2) is 42.0 Å². The Bertz CT molecular complexity index is 669. The van der Waals surface area contributed by atoms with E-state index in [0.29, 0.717) is 6.04 Å². The number of ether oxygens (including phenoxy) is 2. The number of hydrogen-bond donors (Lipinski definition) is 1. The molecule has 2 atom stereocenters. The number of nitrogens with zero attached hydrogens (tertiary/aromatic N) is 1. The van der Waals surface area contributed by atoms with Crippen LogP contribution in [0.5, 0.6) is 11.5 Å². The number of fused-ring (bicyclic) bond motifs is 1. The first-order valence-corrected chi connectivity index (χ1v) is 11.3. The molecule has 156 valence electrons. The van der Waals surface area contributed by atoms with Gasteiger partial charge in [-0.05, 0) is 49.9 Å². The van der Waals surface area contributed by atoms with Crippen molar-refractivity contribution < 1.29 is 14.3 Å². The van der Waals surface area contributed by atoms with E-state index in [1.165, 1.54) is 32.1 Å². The first-order chi connectivity index (χ1) is 13.3. The number of carbonyl (C=O) groups excluding carboxylic acids is 1. The average molecular weight is 427 g/mol.